The summed E-state index contributed by atoms with van der Waals surface area (Å²) in [6.07, 6.45) is 0.796. The molecule has 0 saturated carbocycles. The van der Waals surface area contributed by atoms with E-state index in [-0.39, 0.29) is 6.04 Å². The molecule has 0 rings (SSSR count). The zero-order valence-electron chi connectivity index (χ0n) is 9.37. The van der Waals surface area contributed by atoms with Gasteiger partial charge in [0.25, 0.3) is 0 Å². The van der Waals surface area contributed by atoms with Crippen molar-refractivity contribution in [1.82, 2.24) is 10.6 Å². The lowest BCUT2D eigenvalue weighted by Crippen LogP contribution is -2.49. The maximum absolute atomic E-state index is 11.3. The molecule has 0 aliphatic carbocycles. The van der Waals surface area contributed by atoms with Crippen molar-refractivity contribution in [3.63, 3.8) is 0 Å². The maximum Gasteiger partial charge on any atom is 0.318 e. The molecular formula is C9H19N3O3. The summed E-state index contributed by atoms with van der Waals surface area (Å²) in [7, 11) is 1.62. The summed E-state index contributed by atoms with van der Waals surface area (Å²) in [6.45, 7) is 4.23. The van der Waals surface area contributed by atoms with Crippen molar-refractivity contribution in [3.8, 4) is 0 Å². The van der Waals surface area contributed by atoms with Gasteiger partial charge in [0.15, 0.2) is 0 Å². The van der Waals surface area contributed by atoms with Crippen LogP contribution in [0.15, 0.2) is 0 Å². The van der Waals surface area contributed by atoms with Gasteiger partial charge in [-0.1, -0.05) is 0 Å². The van der Waals surface area contributed by atoms with Gasteiger partial charge in [-0.3, -0.25) is 10.1 Å². The van der Waals surface area contributed by atoms with Gasteiger partial charge < -0.3 is 15.8 Å². The van der Waals surface area contributed by atoms with Crippen LogP contribution in [0.3, 0.4) is 0 Å². The van der Waals surface area contributed by atoms with Crippen molar-refractivity contribution >= 4 is 11.9 Å². The highest BCUT2D eigenvalue weighted by Gasteiger charge is 2.15. The van der Waals surface area contributed by atoms with Crippen LogP contribution in [-0.2, 0) is 9.53 Å². The Morgan fingerprint density at radius 3 is 2.47 bits per heavy atom. The highest BCUT2D eigenvalue weighted by Crippen LogP contribution is 1.93. The summed E-state index contributed by atoms with van der Waals surface area (Å²) in [5.41, 5.74) is 4.82. The quantitative estimate of drug-likeness (QED) is 0.563. The molecule has 0 fully saturated rings. The minimum Gasteiger partial charge on any atom is -0.385 e. The molecule has 15 heavy (non-hydrogen) atoms. The number of carbonyl (C=O) groups is 2. The Hall–Kier alpha value is -1.14. The molecule has 88 valence electrons. The van der Waals surface area contributed by atoms with E-state index in [4.69, 9.17) is 10.5 Å². The van der Waals surface area contributed by atoms with Crippen molar-refractivity contribution in [1.29, 1.82) is 0 Å². The van der Waals surface area contributed by atoms with E-state index >= 15 is 0 Å². The molecule has 6 heteroatoms. The zero-order chi connectivity index (χ0) is 11.8. The van der Waals surface area contributed by atoms with E-state index in [9.17, 15) is 9.59 Å². The highest BCUT2D eigenvalue weighted by atomic mass is 16.5. The van der Waals surface area contributed by atoms with E-state index in [0.717, 1.165) is 6.42 Å². The molecule has 2 atom stereocenters. The molecule has 0 saturated heterocycles. The Bertz CT molecular complexity index is 221. The molecule has 0 radical (unpaired) electrons. The van der Waals surface area contributed by atoms with E-state index in [0.29, 0.717) is 6.61 Å². The molecule has 3 amide bonds. The first-order valence-electron chi connectivity index (χ1n) is 4.82. The number of imide groups is 1. The Kier molecular flexibility index (Phi) is 6.64. The van der Waals surface area contributed by atoms with E-state index in [2.05, 4.69) is 5.32 Å². The average molecular weight is 217 g/mol. The standard InChI is InChI=1S/C9H19N3O3/c1-6(4-5-15-3)11-7(2)8(13)12-9(10)14/h6-7,11H,4-5H2,1-3H3,(H3,10,12,13,14). The molecule has 2 unspecified atom stereocenters. The van der Waals surface area contributed by atoms with Crippen molar-refractivity contribution in [2.75, 3.05) is 13.7 Å². The Morgan fingerprint density at radius 1 is 1.40 bits per heavy atom. The SMILES string of the molecule is COCCC(C)NC(C)C(=O)NC(N)=O. The second kappa shape index (κ2) is 7.19. The van der Waals surface area contributed by atoms with Gasteiger partial charge in [0.1, 0.15) is 0 Å². The van der Waals surface area contributed by atoms with Crippen LogP contribution < -0.4 is 16.4 Å². The fraction of sp³-hybridized carbons (Fsp3) is 0.778. The molecular weight excluding hydrogens is 198 g/mol. The van der Waals surface area contributed by atoms with Gasteiger partial charge >= 0.3 is 6.03 Å². The highest BCUT2D eigenvalue weighted by molar-refractivity contribution is 5.96. The second-order valence-corrected chi connectivity index (χ2v) is 3.42. The number of primary amides is 1. The van der Waals surface area contributed by atoms with E-state index in [1.165, 1.54) is 0 Å². The molecule has 0 spiro atoms. The van der Waals surface area contributed by atoms with Crippen LogP contribution in [0.25, 0.3) is 0 Å². The number of nitrogens with two attached hydrogens (primary N) is 1. The lowest BCUT2D eigenvalue weighted by Gasteiger charge is -2.18. The topological polar surface area (TPSA) is 93.4 Å². The van der Waals surface area contributed by atoms with Crippen LogP contribution in [0, 0.1) is 0 Å². The van der Waals surface area contributed by atoms with Gasteiger partial charge in [0.05, 0.1) is 6.04 Å². The molecule has 0 bridgehead atoms. The second-order valence-electron chi connectivity index (χ2n) is 3.42. The van der Waals surface area contributed by atoms with E-state index < -0.39 is 18.0 Å². The fourth-order valence-electron chi connectivity index (χ4n) is 1.11. The number of rotatable bonds is 6. The largest absolute Gasteiger partial charge is 0.385 e. The van der Waals surface area contributed by atoms with Crippen LogP contribution in [0.4, 0.5) is 4.79 Å². The summed E-state index contributed by atoms with van der Waals surface area (Å²) < 4.78 is 4.90. The molecule has 0 aromatic heterocycles. The number of amides is 3. The Morgan fingerprint density at radius 2 is 2.00 bits per heavy atom. The molecule has 0 aliphatic heterocycles. The number of hydrogen-bond acceptors (Lipinski definition) is 4. The lowest BCUT2D eigenvalue weighted by molar-refractivity contribution is -0.121. The number of carbonyl (C=O) groups excluding carboxylic acids is 2. The third-order valence-corrected chi connectivity index (χ3v) is 1.93. The third-order valence-electron chi connectivity index (χ3n) is 1.93. The first-order chi connectivity index (χ1) is 6.97. The molecule has 4 N–H and O–H groups in total. The fourth-order valence-corrected chi connectivity index (χ4v) is 1.11. The van der Waals surface area contributed by atoms with Gasteiger partial charge in [-0.2, -0.15) is 0 Å². The third kappa shape index (κ3) is 6.87. The molecule has 0 aromatic carbocycles. The summed E-state index contributed by atoms with van der Waals surface area (Å²) in [6, 6.07) is -1.15. The van der Waals surface area contributed by atoms with Crippen LogP contribution in [0.1, 0.15) is 20.3 Å². The Labute approximate surface area is 89.5 Å². The van der Waals surface area contributed by atoms with Crippen molar-refractivity contribution < 1.29 is 14.3 Å². The summed E-state index contributed by atoms with van der Waals surface area (Å²) in [5.74, 6) is -0.424. The monoisotopic (exact) mass is 217 g/mol. The van der Waals surface area contributed by atoms with Gasteiger partial charge in [-0.15, -0.1) is 0 Å². The van der Waals surface area contributed by atoms with Gasteiger partial charge in [-0.05, 0) is 20.3 Å². The average Bonchev–Trinajstić information content (AvgIpc) is 2.13. The molecule has 6 nitrogen and oxygen atoms in total. The summed E-state index contributed by atoms with van der Waals surface area (Å²) >= 11 is 0. The normalized spacial score (nSPS) is 14.3. The minimum atomic E-state index is -0.835. The molecule has 0 heterocycles. The number of nitrogens with one attached hydrogen (secondary N) is 2. The van der Waals surface area contributed by atoms with Crippen LogP contribution in [0.5, 0.6) is 0 Å². The predicted molar refractivity (Wildman–Crippen MR) is 56.3 cm³/mol. The van der Waals surface area contributed by atoms with Gasteiger partial charge in [0.2, 0.25) is 5.91 Å². The maximum atomic E-state index is 11.3. The first kappa shape index (κ1) is 13.9. The van der Waals surface area contributed by atoms with Gasteiger partial charge in [0, 0.05) is 19.8 Å². The van der Waals surface area contributed by atoms with E-state index in [1.807, 2.05) is 12.2 Å². The minimum absolute atomic E-state index is 0.138. The smallest absolute Gasteiger partial charge is 0.318 e. The Balaban J connectivity index is 3.84. The first-order valence-corrected chi connectivity index (χ1v) is 4.82. The number of ether oxygens (including phenoxy) is 1. The van der Waals surface area contributed by atoms with Crippen LogP contribution >= 0.6 is 0 Å². The molecule has 0 aromatic rings. The van der Waals surface area contributed by atoms with Crippen LogP contribution in [0.2, 0.25) is 0 Å². The lowest BCUT2D eigenvalue weighted by atomic mass is 10.2. The number of urea groups is 1. The molecule has 0 aliphatic rings. The zero-order valence-corrected chi connectivity index (χ0v) is 9.37. The van der Waals surface area contributed by atoms with Crippen molar-refractivity contribution in [2.24, 2.45) is 5.73 Å². The van der Waals surface area contributed by atoms with Crippen molar-refractivity contribution in [2.45, 2.75) is 32.4 Å². The predicted octanol–water partition coefficient (Wildman–Crippen LogP) is -0.416. The number of hydrogen-bond donors (Lipinski definition) is 3. The van der Waals surface area contributed by atoms with Gasteiger partial charge in [-0.25, -0.2) is 4.79 Å². The number of methoxy groups -OCH3 is 1. The summed E-state index contributed by atoms with van der Waals surface area (Å²) in [4.78, 5) is 21.7. The summed E-state index contributed by atoms with van der Waals surface area (Å²) in [5, 5.41) is 5.03. The van der Waals surface area contributed by atoms with E-state index in [1.54, 1.807) is 14.0 Å². The van der Waals surface area contributed by atoms with Crippen molar-refractivity contribution in [3.05, 3.63) is 0 Å². The van der Waals surface area contributed by atoms with Crippen LogP contribution in [-0.4, -0.2) is 37.7 Å².